The van der Waals surface area contributed by atoms with E-state index in [1.807, 2.05) is 0 Å². The van der Waals surface area contributed by atoms with E-state index in [0.717, 1.165) is 0 Å². The molecule has 0 saturated heterocycles. The van der Waals surface area contributed by atoms with Gasteiger partial charge >= 0.3 is 5.97 Å². The van der Waals surface area contributed by atoms with Crippen molar-refractivity contribution in [3.63, 3.8) is 0 Å². The van der Waals surface area contributed by atoms with Crippen molar-refractivity contribution in [2.45, 2.75) is 37.0 Å². The summed E-state index contributed by atoms with van der Waals surface area (Å²) in [4.78, 5) is 22.5. The zero-order chi connectivity index (χ0) is 15.5. The second-order valence-electron chi connectivity index (χ2n) is 4.65. The van der Waals surface area contributed by atoms with Crippen LogP contribution in [0.3, 0.4) is 0 Å². The van der Waals surface area contributed by atoms with Crippen LogP contribution in [0.1, 0.15) is 31.1 Å². The minimum Gasteiger partial charge on any atom is -0.478 e. The third-order valence-electron chi connectivity index (χ3n) is 2.69. The van der Waals surface area contributed by atoms with Gasteiger partial charge in [-0.1, -0.05) is 12.1 Å². The first-order chi connectivity index (χ1) is 9.17. The highest BCUT2D eigenvalue weighted by Crippen LogP contribution is 2.21. The number of amides is 1. The molecule has 0 aromatic heterocycles. The van der Waals surface area contributed by atoms with Crippen LogP contribution < -0.4 is 5.32 Å². The average molecular weight is 299 g/mol. The van der Waals surface area contributed by atoms with E-state index in [0.29, 0.717) is 0 Å². The van der Waals surface area contributed by atoms with Crippen molar-refractivity contribution in [1.82, 2.24) is 5.32 Å². The standard InChI is InChI=1S/C13H17NO5S/c1-8(2)14-12(15)9(3)20(18,19)11-7-5-4-6-10(11)13(16)17/h4-9H,1-3H3,(H,14,15)(H,16,17). The molecule has 1 rings (SSSR count). The lowest BCUT2D eigenvalue weighted by Gasteiger charge is -2.16. The Morgan fingerprint density at radius 3 is 2.20 bits per heavy atom. The van der Waals surface area contributed by atoms with Crippen LogP contribution in [0.15, 0.2) is 29.2 Å². The number of rotatable bonds is 5. The van der Waals surface area contributed by atoms with Gasteiger partial charge in [-0.2, -0.15) is 0 Å². The van der Waals surface area contributed by atoms with Crippen LogP contribution in [0.25, 0.3) is 0 Å². The number of nitrogens with one attached hydrogen (secondary N) is 1. The minimum atomic E-state index is -4.05. The lowest BCUT2D eigenvalue weighted by molar-refractivity contribution is -0.120. The fourth-order valence-electron chi connectivity index (χ4n) is 1.62. The predicted molar refractivity (Wildman–Crippen MR) is 73.3 cm³/mol. The molecular formula is C13H17NO5S. The lowest BCUT2D eigenvalue weighted by Crippen LogP contribution is -2.41. The van der Waals surface area contributed by atoms with Gasteiger partial charge in [0.25, 0.3) is 0 Å². The molecule has 1 atom stereocenters. The van der Waals surface area contributed by atoms with Crippen LogP contribution in [0.5, 0.6) is 0 Å². The summed E-state index contributed by atoms with van der Waals surface area (Å²) in [7, 11) is -4.05. The molecule has 1 amide bonds. The molecule has 1 unspecified atom stereocenters. The summed E-state index contributed by atoms with van der Waals surface area (Å²) < 4.78 is 24.7. The molecule has 1 aromatic rings. The molecule has 0 aliphatic heterocycles. The number of carboxylic acids is 1. The van der Waals surface area contributed by atoms with Gasteiger partial charge in [-0.3, -0.25) is 4.79 Å². The van der Waals surface area contributed by atoms with E-state index >= 15 is 0 Å². The smallest absolute Gasteiger partial charge is 0.337 e. The summed E-state index contributed by atoms with van der Waals surface area (Å²) >= 11 is 0. The van der Waals surface area contributed by atoms with Gasteiger partial charge in [0.1, 0.15) is 5.25 Å². The fraction of sp³-hybridized carbons (Fsp3) is 0.385. The Balaban J connectivity index is 3.24. The molecule has 20 heavy (non-hydrogen) atoms. The SMILES string of the molecule is CC(C)NC(=O)C(C)S(=O)(=O)c1ccccc1C(=O)O. The van der Waals surface area contributed by atoms with Crippen molar-refractivity contribution in [2.24, 2.45) is 0 Å². The van der Waals surface area contributed by atoms with Crippen LogP contribution in [0, 0.1) is 0 Å². The summed E-state index contributed by atoms with van der Waals surface area (Å²) in [6.07, 6.45) is 0. The molecule has 0 saturated carbocycles. The van der Waals surface area contributed by atoms with Gasteiger partial charge in [0.15, 0.2) is 9.84 Å². The van der Waals surface area contributed by atoms with E-state index in [1.54, 1.807) is 13.8 Å². The molecule has 0 aliphatic rings. The number of carbonyl (C=O) groups excluding carboxylic acids is 1. The number of carbonyl (C=O) groups is 2. The number of sulfone groups is 1. The molecule has 0 spiro atoms. The first kappa shape index (κ1) is 16.2. The summed E-state index contributed by atoms with van der Waals surface area (Å²) in [6.45, 7) is 4.66. The van der Waals surface area contributed by atoms with Crippen LogP contribution in [0.4, 0.5) is 0 Å². The van der Waals surface area contributed by atoms with E-state index in [1.165, 1.54) is 31.2 Å². The Labute approximate surface area is 117 Å². The van der Waals surface area contributed by atoms with Crippen LogP contribution in [-0.4, -0.2) is 36.7 Å². The van der Waals surface area contributed by atoms with Crippen molar-refractivity contribution < 1.29 is 23.1 Å². The summed E-state index contributed by atoms with van der Waals surface area (Å²) in [5, 5.41) is 10.2. The highest BCUT2D eigenvalue weighted by atomic mass is 32.2. The molecule has 7 heteroatoms. The summed E-state index contributed by atoms with van der Waals surface area (Å²) in [6, 6.07) is 5.04. The fourth-order valence-corrected chi connectivity index (χ4v) is 3.09. The number of hydrogen-bond donors (Lipinski definition) is 2. The largest absolute Gasteiger partial charge is 0.478 e. The van der Waals surface area contributed by atoms with E-state index < -0.39 is 27.0 Å². The normalized spacial score (nSPS) is 13.0. The first-order valence-corrected chi connectivity index (χ1v) is 7.59. The molecule has 1 aromatic carbocycles. The Morgan fingerprint density at radius 1 is 1.15 bits per heavy atom. The van der Waals surface area contributed by atoms with E-state index in [9.17, 15) is 18.0 Å². The maximum Gasteiger partial charge on any atom is 0.337 e. The maximum atomic E-state index is 12.4. The van der Waals surface area contributed by atoms with Gasteiger partial charge < -0.3 is 10.4 Å². The molecule has 2 N–H and O–H groups in total. The molecule has 0 heterocycles. The summed E-state index contributed by atoms with van der Waals surface area (Å²) in [5.41, 5.74) is -0.336. The van der Waals surface area contributed by atoms with Gasteiger partial charge in [-0.15, -0.1) is 0 Å². The molecule has 0 aliphatic carbocycles. The zero-order valence-corrected chi connectivity index (χ0v) is 12.3. The number of hydrogen-bond acceptors (Lipinski definition) is 4. The first-order valence-electron chi connectivity index (χ1n) is 6.04. The van der Waals surface area contributed by atoms with Crippen LogP contribution in [-0.2, 0) is 14.6 Å². The molecule has 6 nitrogen and oxygen atoms in total. The Morgan fingerprint density at radius 2 is 1.70 bits per heavy atom. The number of benzene rings is 1. The van der Waals surface area contributed by atoms with Gasteiger partial charge in [-0.05, 0) is 32.9 Å². The number of aromatic carboxylic acids is 1. The second-order valence-corrected chi connectivity index (χ2v) is 6.89. The summed E-state index contributed by atoms with van der Waals surface area (Å²) in [5.74, 6) is -2.00. The Hall–Kier alpha value is -1.89. The Kier molecular flexibility index (Phi) is 4.88. The highest BCUT2D eigenvalue weighted by Gasteiger charge is 2.32. The third-order valence-corrected chi connectivity index (χ3v) is 4.80. The van der Waals surface area contributed by atoms with Gasteiger partial charge in [0.2, 0.25) is 5.91 Å². The molecule has 0 fully saturated rings. The highest BCUT2D eigenvalue weighted by molar-refractivity contribution is 7.92. The van der Waals surface area contributed by atoms with Gasteiger partial charge in [0.05, 0.1) is 10.5 Å². The lowest BCUT2D eigenvalue weighted by atomic mass is 10.2. The van der Waals surface area contributed by atoms with Crippen LogP contribution >= 0.6 is 0 Å². The number of carboxylic acid groups (broad SMARTS) is 1. The second kappa shape index (κ2) is 6.04. The van der Waals surface area contributed by atoms with E-state index in [2.05, 4.69) is 5.32 Å². The quantitative estimate of drug-likeness (QED) is 0.847. The minimum absolute atomic E-state index is 0.199. The molecule has 110 valence electrons. The van der Waals surface area contributed by atoms with Crippen molar-refractivity contribution in [1.29, 1.82) is 0 Å². The van der Waals surface area contributed by atoms with E-state index in [4.69, 9.17) is 5.11 Å². The van der Waals surface area contributed by atoms with Gasteiger partial charge in [-0.25, -0.2) is 13.2 Å². The maximum absolute atomic E-state index is 12.4. The van der Waals surface area contributed by atoms with Crippen molar-refractivity contribution in [3.8, 4) is 0 Å². The van der Waals surface area contributed by atoms with Crippen molar-refractivity contribution >= 4 is 21.7 Å². The molecule has 0 bridgehead atoms. The van der Waals surface area contributed by atoms with Crippen LogP contribution in [0.2, 0.25) is 0 Å². The predicted octanol–water partition coefficient (Wildman–Crippen LogP) is 1.07. The zero-order valence-electron chi connectivity index (χ0n) is 11.5. The average Bonchev–Trinajstić information content (AvgIpc) is 2.36. The molecule has 0 radical (unpaired) electrons. The topological polar surface area (TPSA) is 101 Å². The van der Waals surface area contributed by atoms with E-state index in [-0.39, 0.29) is 16.5 Å². The van der Waals surface area contributed by atoms with Gasteiger partial charge in [0, 0.05) is 6.04 Å². The third kappa shape index (κ3) is 3.36. The van der Waals surface area contributed by atoms with Crippen molar-refractivity contribution in [3.05, 3.63) is 29.8 Å². The van der Waals surface area contributed by atoms with Crippen molar-refractivity contribution in [2.75, 3.05) is 0 Å². The molecular weight excluding hydrogens is 282 g/mol. The monoisotopic (exact) mass is 299 g/mol. The Bertz CT molecular complexity index is 621.